The highest BCUT2D eigenvalue weighted by molar-refractivity contribution is 5.77. The standard InChI is InChI=1S/C15H30N2O/c1-11(2)9-17-15(18)10-16-14-7-5-6-13(8-14)12(3)4/h11-14,16H,5-10H2,1-4H3,(H,17,18). The highest BCUT2D eigenvalue weighted by Gasteiger charge is 2.24. The van der Waals surface area contributed by atoms with Crippen molar-refractivity contribution in [2.75, 3.05) is 13.1 Å². The van der Waals surface area contributed by atoms with Gasteiger partial charge in [0.25, 0.3) is 0 Å². The van der Waals surface area contributed by atoms with E-state index >= 15 is 0 Å². The maximum Gasteiger partial charge on any atom is 0.233 e. The van der Waals surface area contributed by atoms with Crippen LogP contribution in [0.1, 0.15) is 53.4 Å². The van der Waals surface area contributed by atoms with Crippen LogP contribution in [0.25, 0.3) is 0 Å². The fourth-order valence-electron chi connectivity index (χ4n) is 2.64. The zero-order chi connectivity index (χ0) is 13.5. The van der Waals surface area contributed by atoms with Crippen molar-refractivity contribution in [1.82, 2.24) is 10.6 Å². The second kappa shape index (κ2) is 7.78. The summed E-state index contributed by atoms with van der Waals surface area (Å²) in [4.78, 5) is 11.6. The molecule has 0 bridgehead atoms. The molecule has 0 aromatic carbocycles. The molecule has 0 aromatic rings. The molecule has 1 aliphatic rings. The first-order valence-corrected chi connectivity index (χ1v) is 7.49. The fourth-order valence-corrected chi connectivity index (χ4v) is 2.64. The topological polar surface area (TPSA) is 41.1 Å². The van der Waals surface area contributed by atoms with Gasteiger partial charge in [0.15, 0.2) is 0 Å². The lowest BCUT2D eigenvalue weighted by Gasteiger charge is -2.32. The number of hydrogen-bond donors (Lipinski definition) is 2. The molecule has 2 unspecified atom stereocenters. The summed E-state index contributed by atoms with van der Waals surface area (Å²) < 4.78 is 0. The quantitative estimate of drug-likeness (QED) is 0.765. The Kier molecular flexibility index (Phi) is 6.69. The van der Waals surface area contributed by atoms with Crippen LogP contribution >= 0.6 is 0 Å². The lowest BCUT2D eigenvalue weighted by Crippen LogP contribution is -2.42. The summed E-state index contributed by atoms with van der Waals surface area (Å²) in [5.41, 5.74) is 0. The van der Waals surface area contributed by atoms with Crippen LogP contribution in [0.15, 0.2) is 0 Å². The largest absolute Gasteiger partial charge is 0.355 e. The average molecular weight is 254 g/mol. The van der Waals surface area contributed by atoms with Crippen LogP contribution in [0.3, 0.4) is 0 Å². The molecule has 1 amide bonds. The van der Waals surface area contributed by atoms with E-state index < -0.39 is 0 Å². The minimum absolute atomic E-state index is 0.135. The zero-order valence-corrected chi connectivity index (χ0v) is 12.5. The van der Waals surface area contributed by atoms with Crippen molar-refractivity contribution in [1.29, 1.82) is 0 Å². The Balaban J connectivity index is 2.20. The van der Waals surface area contributed by atoms with Crippen molar-refractivity contribution >= 4 is 5.91 Å². The molecule has 0 radical (unpaired) electrons. The number of amides is 1. The van der Waals surface area contributed by atoms with Gasteiger partial charge in [0.1, 0.15) is 0 Å². The van der Waals surface area contributed by atoms with E-state index in [1.165, 1.54) is 25.7 Å². The summed E-state index contributed by atoms with van der Waals surface area (Å²) >= 11 is 0. The van der Waals surface area contributed by atoms with E-state index in [0.717, 1.165) is 18.4 Å². The van der Waals surface area contributed by atoms with E-state index in [1.807, 2.05) is 0 Å². The predicted octanol–water partition coefficient (Wildman–Crippen LogP) is 2.56. The molecule has 1 aliphatic carbocycles. The third-order valence-corrected chi connectivity index (χ3v) is 3.92. The van der Waals surface area contributed by atoms with Crippen molar-refractivity contribution in [2.24, 2.45) is 17.8 Å². The minimum Gasteiger partial charge on any atom is -0.355 e. The van der Waals surface area contributed by atoms with E-state index in [9.17, 15) is 4.79 Å². The number of hydrogen-bond acceptors (Lipinski definition) is 2. The van der Waals surface area contributed by atoms with Gasteiger partial charge in [-0.2, -0.15) is 0 Å². The molecule has 0 heterocycles. The van der Waals surface area contributed by atoms with Gasteiger partial charge in [-0.3, -0.25) is 4.79 Å². The summed E-state index contributed by atoms with van der Waals surface area (Å²) in [6.07, 6.45) is 5.11. The molecule has 0 aliphatic heterocycles. The molecule has 1 saturated carbocycles. The third-order valence-electron chi connectivity index (χ3n) is 3.92. The maximum atomic E-state index is 11.6. The Hall–Kier alpha value is -0.570. The van der Waals surface area contributed by atoms with Crippen LogP contribution in [-0.2, 0) is 4.79 Å². The van der Waals surface area contributed by atoms with Gasteiger partial charge >= 0.3 is 0 Å². The molecule has 3 nitrogen and oxygen atoms in total. The lowest BCUT2D eigenvalue weighted by molar-refractivity contribution is -0.120. The van der Waals surface area contributed by atoms with Crippen LogP contribution < -0.4 is 10.6 Å². The number of nitrogens with one attached hydrogen (secondary N) is 2. The highest BCUT2D eigenvalue weighted by atomic mass is 16.1. The summed E-state index contributed by atoms with van der Waals surface area (Å²) in [5, 5.41) is 6.37. The molecule has 0 spiro atoms. The first kappa shape index (κ1) is 15.5. The molecule has 106 valence electrons. The molecule has 2 atom stereocenters. The normalized spacial score (nSPS) is 24.6. The number of carbonyl (C=O) groups excluding carboxylic acids is 1. The van der Waals surface area contributed by atoms with Gasteiger partial charge in [0, 0.05) is 12.6 Å². The van der Waals surface area contributed by atoms with Crippen molar-refractivity contribution in [2.45, 2.75) is 59.4 Å². The summed E-state index contributed by atoms with van der Waals surface area (Å²) in [6, 6.07) is 0.538. The van der Waals surface area contributed by atoms with Crippen molar-refractivity contribution < 1.29 is 4.79 Å². The van der Waals surface area contributed by atoms with Gasteiger partial charge in [0.05, 0.1) is 6.54 Å². The van der Waals surface area contributed by atoms with Crippen LogP contribution in [0.4, 0.5) is 0 Å². The lowest BCUT2D eigenvalue weighted by atomic mass is 9.79. The van der Waals surface area contributed by atoms with Gasteiger partial charge in [-0.05, 0) is 30.6 Å². The van der Waals surface area contributed by atoms with E-state index in [0.29, 0.717) is 18.5 Å². The first-order chi connectivity index (χ1) is 8.49. The van der Waals surface area contributed by atoms with E-state index in [1.54, 1.807) is 0 Å². The SMILES string of the molecule is CC(C)CNC(=O)CNC1CCCC(C(C)C)C1. The molecule has 1 fully saturated rings. The first-order valence-electron chi connectivity index (χ1n) is 7.49. The monoisotopic (exact) mass is 254 g/mol. The Bertz CT molecular complexity index is 251. The molecule has 0 saturated heterocycles. The van der Waals surface area contributed by atoms with Crippen LogP contribution in [0.2, 0.25) is 0 Å². The minimum atomic E-state index is 0.135. The molecule has 1 rings (SSSR count). The van der Waals surface area contributed by atoms with Gasteiger partial charge < -0.3 is 10.6 Å². The van der Waals surface area contributed by atoms with E-state index in [2.05, 4.69) is 38.3 Å². The Labute approximate surface area is 112 Å². The van der Waals surface area contributed by atoms with Crippen molar-refractivity contribution in [3.63, 3.8) is 0 Å². The Morgan fingerprint density at radius 2 is 1.94 bits per heavy atom. The molecular formula is C15H30N2O. The second-order valence-electron chi connectivity index (χ2n) is 6.45. The fraction of sp³-hybridized carbons (Fsp3) is 0.933. The Morgan fingerprint density at radius 3 is 2.56 bits per heavy atom. The highest BCUT2D eigenvalue weighted by Crippen LogP contribution is 2.29. The molecule has 3 heteroatoms. The second-order valence-corrected chi connectivity index (χ2v) is 6.45. The maximum absolute atomic E-state index is 11.6. The van der Waals surface area contributed by atoms with E-state index in [4.69, 9.17) is 0 Å². The van der Waals surface area contributed by atoms with Gasteiger partial charge in [0.2, 0.25) is 5.91 Å². The smallest absolute Gasteiger partial charge is 0.233 e. The van der Waals surface area contributed by atoms with Gasteiger partial charge in [-0.15, -0.1) is 0 Å². The molecule has 2 N–H and O–H groups in total. The zero-order valence-electron chi connectivity index (χ0n) is 12.5. The van der Waals surface area contributed by atoms with Gasteiger partial charge in [-0.25, -0.2) is 0 Å². The van der Waals surface area contributed by atoms with Crippen molar-refractivity contribution in [3.05, 3.63) is 0 Å². The molecular weight excluding hydrogens is 224 g/mol. The Morgan fingerprint density at radius 1 is 1.22 bits per heavy atom. The summed E-state index contributed by atoms with van der Waals surface area (Å²) in [6.45, 7) is 10.1. The van der Waals surface area contributed by atoms with Crippen LogP contribution in [0, 0.1) is 17.8 Å². The number of rotatable bonds is 6. The van der Waals surface area contributed by atoms with E-state index in [-0.39, 0.29) is 5.91 Å². The van der Waals surface area contributed by atoms with Crippen LogP contribution in [-0.4, -0.2) is 25.0 Å². The van der Waals surface area contributed by atoms with Crippen molar-refractivity contribution in [3.8, 4) is 0 Å². The molecule has 18 heavy (non-hydrogen) atoms. The summed E-state index contributed by atoms with van der Waals surface area (Å²) in [7, 11) is 0. The summed E-state index contributed by atoms with van der Waals surface area (Å²) in [5.74, 6) is 2.25. The average Bonchev–Trinajstić information content (AvgIpc) is 2.34. The molecule has 0 aromatic heterocycles. The van der Waals surface area contributed by atoms with Gasteiger partial charge in [-0.1, -0.05) is 40.5 Å². The third kappa shape index (κ3) is 5.85. The van der Waals surface area contributed by atoms with Crippen LogP contribution in [0.5, 0.6) is 0 Å². The predicted molar refractivity (Wildman–Crippen MR) is 76.4 cm³/mol. The number of carbonyl (C=O) groups is 1.